The highest BCUT2D eigenvalue weighted by Gasteiger charge is 2.37. The van der Waals surface area contributed by atoms with Gasteiger partial charge >= 0.3 is 6.03 Å². The summed E-state index contributed by atoms with van der Waals surface area (Å²) in [7, 11) is 3.57. The first-order chi connectivity index (χ1) is 19.3. The normalized spacial score (nSPS) is 18.9. The van der Waals surface area contributed by atoms with Crippen molar-refractivity contribution in [3.05, 3.63) is 48.4 Å². The van der Waals surface area contributed by atoms with Crippen LogP contribution in [0.25, 0.3) is 16.8 Å². The van der Waals surface area contributed by atoms with Crippen molar-refractivity contribution in [2.24, 2.45) is 0 Å². The Kier molecular flexibility index (Phi) is 8.58. The van der Waals surface area contributed by atoms with Gasteiger partial charge in [-0.1, -0.05) is 6.07 Å². The van der Waals surface area contributed by atoms with E-state index in [1.54, 1.807) is 7.11 Å². The Morgan fingerprint density at radius 3 is 2.42 bits per heavy atom. The van der Waals surface area contributed by atoms with Crippen molar-refractivity contribution in [1.29, 1.82) is 0 Å². The maximum absolute atomic E-state index is 12.4. The van der Waals surface area contributed by atoms with Crippen molar-refractivity contribution < 1.29 is 14.3 Å². The van der Waals surface area contributed by atoms with Gasteiger partial charge in [-0.15, -0.1) is 0 Å². The van der Waals surface area contributed by atoms with Crippen LogP contribution in [0.5, 0.6) is 0 Å². The predicted molar refractivity (Wildman–Crippen MR) is 157 cm³/mol. The molecule has 2 aliphatic heterocycles. The van der Waals surface area contributed by atoms with Gasteiger partial charge in [-0.2, -0.15) is 5.10 Å². The van der Waals surface area contributed by atoms with Gasteiger partial charge < -0.3 is 24.6 Å². The first-order valence-electron chi connectivity index (χ1n) is 14.4. The summed E-state index contributed by atoms with van der Waals surface area (Å²) in [6.07, 6.45) is 7.70. The molecule has 0 aromatic carbocycles. The average Bonchev–Trinajstić information content (AvgIpc) is 3.42. The molecule has 40 heavy (non-hydrogen) atoms. The smallest absolute Gasteiger partial charge is 0.317 e. The van der Waals surface area contributed by atoms with Crippen LogP contribution in [-0.2, 0) is 15.1 Å². The molecule has 0 radical (unpaired) electrons. The van der Waals surface area contributed by atoms with E-state index in [0.717, 1.165) is 73.7 Å². The van der Waals surface area contributed by atoms with E-state index >= 15 is 0 Å². The number of methoxy groups -OCH3 is 2. The number of likely N-dealkylation sites (tertiary alicyclic amines) is 1. The summed E-state index contributed by atoms with van der Waals surface area (Å²) in [5.74, 6) is 0. The molecule has 2 amide bonds. The van der Waals surface area contributed by atoms with Crippen LogP contribution in [0.2, 0.25) is 0 Å². The quantitative estimate of drug-likeness (QED) is 0.459. The third-order valence-corrected chi connectivity index (χ3v) is 8.42. The van der Waals surface area contributed by atoms with E-state index in [2.05, 4.69) is 51.4 Å². The molecule has 1 N–H and O–H groups in total. The molecule has 1 atom stereocenters. The number of pyridine rings is 1. The SMILES string of the molecule is COC[C@H](C)N1CCC(OC)(c2ccc(-c3cc4c(N5CCN(C(=O)NC(C)C)CC5)ccnn4c3)nc2)CC1. The number of hydrogen-bond acceptors (Lipinski definition) is 7. The average molecular weight is 550 g/mol. The molecule has 0 unspecified atom stereocenters. The summed E-state index contributed by atoms with van der Waals surface area (Å²) < 4.78 is 13.4. The zero-order chi connectivity index (χ0) is 28.3. The molecule has 2 aliphatic rings. The van der Waals surface area contributed by atoms with Crippen LogP contribution in [0.1, 0.15) is 39.2 Å². The second-order valence-electron chi connectivity index (χ2n) is 11.3. The number of nitrogens with one attached hydrogen (secondary N) is 1. The predicted octanol–water partition coefficient (Wildman–Crippen LogP) is 3.61. The van der Waals surface area contributed by atoms with E-state index in [0.29, 0.717) is 19.1 Å². The van der Waals surface area contributed by atoms with E-state index in [9.17, 15) is 4.79 Å². The van der Waals surface area contributed by atoms with Crippen molar-refractivity contribution in [2.45, 2.75) is 51.3 Å². The zero-order valence-corrected chi connectivity index (χ0v) is 24.5. The summed E-state index contributed by atoms with van der Waals surface area (Å²) in [6.45, 7) is 11.8. The topological polar surface area (TPSA) is 87.5 Å². The Balaban J connectivity index is 1.29. The number of anilines is 1. The van der Waals surface area contributed by atoms with E-state index in [-0.39, 0.29) is 17.7 Å². The summed E-state index contributed by atoms with van der Waals surface area (Å²) in [5.41, 5.74) is 4.90. The maximum atomic E-state index is 12.4. The zero-order valence-electron chi connectivity index (χ0n) is 24.5. The Labute approximate surface area is 237 Å². The number of rotatable bonds is 8. The minimum Gasteiger partial charge on any atom is -0.383 e. The molecule has 0 spiro atoms. The molecule has 5 rings (SSSR count). The first-order valence-corrected chi connectivity index (χ1v) is 14.4. The van der Waals surface area contributed by atoms with Crippen molar-refractivity contribution in [2.75, 3.05) is 65.0 Å². The molecule has 0 saturated carbocycles. The van der Waals surface area contributed by atoms with Crippen molar-refractivity contribution in [3.8, 4) is 11.3 Å². The van der Waals surface area contributed by atoms with Crippen molar-refractivity contribution >= 4 is 17.2 Å². The third-order valence-electron chi connectivity index (χ3n) is 8.42. The number of piperazine rings is 1. The van der Waals surface area contributed by atoms with Crippen molar-refractivity contribution in [3.63, 3.8) is 0 Å². The van der Waals surface area contributed by atoms with Gasteiger partial charge in [-0.25, -0.2) is 9.31 Å². The highest BCUT2D eigenvalue weighted by Crippen LogP contribution is 2.37. The van der Waals surface area contributed by atoms with Crippen LogP contribution < -0.4 is 10.2 Å². The van der Waals surface area contributed by atoms with Crippen molar-refractivity contribution in [1.82, 2.24) is 29.7 Å². The van der Waals surface area contributed by atoms with E-state index in [1.807, 2.05) is 49.0 Å². The first kappa shape index (κ1) is 28.3. The third kappa shape index (κ3) is 5.80. The number of hydrogen-bond donors (Lipinski definition) is 1. The molecule has 216 valence electrons. The lowest BCUT2D eigenvalue weighted by Gasteiger charge is -2.43. The number of nitrogens with zero attached hydrogens (tertiary/aromatic N) is 6. The Hall–Kier alpha value is -3.21. The lowest BCUT2D eigenvalue weighted by atomic mass is 9.84. The van der Waals surface area contributed by atoms with Gasteiger partial charge in [-0.05, 0) is 51.8 Å². The molecule has 2 fully saturated rings. The molecule has 2 saturated heterocycles. The molecule has 5 heterocycles. The number of aromatic nitrogens is 3. The Bertz CT molecular complexity index is 1280. The van der Waals surface area contributed by atoms with Crippen LogP contribution in [0, 0.1) is 0 Å². The summed E-state index contributed by atoms with van der Waals surface area (Å²) in [4.78, 5) is 24.0. The second-order valence-corrected chi connectivity index (χ2v) is 11.3. The van der Waals surface area contributed by atoms with E-state index < -0.39 is 0 Å². The number of ether oxygens (including phenoxy) is 2. The Morgan fingerprint density at radius 2 is 1.80 bits per heavy atom. The molecule has 0 aliphatic carbocycles. The van der Waals surface area contributed by atoms with Crippen LogP contribution in [0.4, 0.5) is 10.5 Å². The minimum atomic E-state index is -0.316. The van der Waals surface area contributed by atoms with E-state index in [4.69, 9.17) is 14.5 Å². The lowest BCUT2D eigenvalue weighted by Crippen LogP contribution is -2.53. The fourth-order valence-electron chi connectivity index (χ4n) is 6.01. The summed E-state index contributed by atoms with van der Waals surface area (Å²) >= 11 is 0. The molecular weight excluding hydrogens is 506 g/mol. The number of fused-ring (bicyclic) bond motifs is 1. The molecular formula is C30H43N7O3. The van der Waals surface area contributed by atoms with Gasteiger partial charge in [0.2, 0.25) is 0 Å². The fourth-order valence-corrected chi connectivity index (χ4v) is 6.01. The number of carbonyl (C=O) groups excluding carboxylic acids is 1. The van der Waals surface area contributed by atoms with Crippen LogP contribution >= 0.6 is 0 Å². The highest BCUT2D eigenvalue weighted by atomic mass is 16.5. The highest BCUT2D eigenvalue weighted by molar-refractivity contribution is 5.79. The van der Waals surface area contributed by atoms with Gasteiger partial charge in [0, 0.05) is 95.3 Å². The number of urea groups is 1. The second kappa shape index (κ2) is 12.1. The van der Waals surface area contributed by atoms with Gasteiger partial charge in [0.05, 0.1) is 29.1 Å². The van der Waals surface area contributed by atoms with Gasteiger partial charge in [0.1, 0.15) is 0 Å². The minimum absolute atomic E-state index is 0.00970. The molecule has 3 aromatic rings. The fraction of sp³-hybridized carbons (Fsp3) is 0.567. The molecule has 3 aromatic heterocycles. The van der Waals surface area contributed by atoms with Crippen LogP contribution in [-0.4, -0.2) is 103 Å². The number of amides is 2. The van der Waals surface area contributed by atoms with Crippen LogP contribution in [0.15, 0.2) is 42.9 Å². The summed E-state index contributed by atoms with van der Waals surface area (Å²) in [6, 6.07) is 9.02. The summed E-state index contributed by atoms with van der Waals surface area (Å²) in [5, 5.41) is 7.56. The van der Waals surface area contributed by atoms with Crippen LogP contribution in [0.3, 0.4) is 0 Å². The molecule has 10 heteroatoms. The largest absolute Gasteiger partial charge is 0.383 e. The molecule has 10 nitrogen and oxygen atoms in total. The number of piperidine rings is 1. The monoisotopic (exact) mass is 549 g/mol. The molecule has 0 bridgehead atoms. The maximum Gasteiger partial charge on any atom is 0.317 e. The van der Waals surface area contributed by atoms with Gasteiger partial charge in [0.15, 0.2) is 0 Å². The standard InChI is InChI=1S/C30H43N7O3/c1-22(2)33-29(38)36-16-14-35(15-17-36)27-8-11-32-37-20-24(18-28(27)37)26-7-6-25(19-31-26)30(40-5)9-12-34(13-10-30)23(3)21-39-4/h6-8,11,18-20,22-23H,9-10,12-17,21H2,1-5H3,(H,33,38)/t23-/m0/s1. The Morgan fingerprint density at radius 1 is 1.05 bits per heavy atom. The van der Waals surface area contributed by atoms with Gasteiger partial charge in [0.25, 0.3) is 0 Å². The van der Waals surface area contributed by atoms with Gasteiger partial charge in [-0.3, -0.25) is 9.88 Å². The lowest BCUT2D eigenvalue weighted by molar-refractivity contribution is -0.0723. The van der Waals surface area contributed by atoms with E-state index in [1.165, 1.54) is 0 Å². The number of carbonyl (C=O) groups is 1.